The van der Waals surface area contributed by atoms with Crippen molar-refractivity contribution in [3.05, 3.63) is 102 Å². The first kappa shape index (κ1) is 18.7. The van der Waals surface area contributed by atoms with E-state index in [4.69, 9.17) is 0 Å². The van der Waals surface area contributed by atoms with Crippen LogP contribution in [0.1, 0.15) is 21.7 Å². The molecule has 0 aliphatic rings. The molecule has 2 heterocycles. The summed E-state index contributed by atoms with van der Waals surface area (Å²) in [7, 11) is 0. The lowest BCUT2D eigenvalue weighted by Crippen LogP contribution is -2.15. The molecule has 144 valence electrons. The molecule has 5 nitrogen and oxygen atoms in total. The summed E-state index contributed by atoms with van der Waals surface area (Å²) >= 11 is 0. The van der Waals surface area contributed by atoms with E-state index in [1.54, 1.807) is 35.1 Å². The van der Waals surface area contributed by atoms with Crippen molar-refractivity contribution in [3.8, 4) is 11.5 Å². The summed E-state index contributed by atoms with van der Waals surface area (Å²) in [6, 6.07) is 21.1. The van der Waals surface area contributed by atoms with E-state index in [2.05, 4.69) is 15.1 Å². The van der Waals surface area contributed by atoms with Gasteiger partial charge in [-0.3, -0.25) is 9.78 Å². The number of pyridine rings is 1. The molecule has 0 amide bonds. The largest absolute Gasteiger partial charge is 0.292 e. The smallest absolute Gasteiger partial charge is 0.200 e. The van der Waals surface area contributed by atoms with Crippen LogP contribution in [0.25, 0.3) is 11.5 Å². The third-order valence-corrected chi connectivity index (χ3v) is 4.58. The summed E-state index contributed by atoms with van der Waals surface area (Å²) in [6.07, 6.45) is 2.93. The van der Waals surface area contributed by atoms with E-state index in [0.29, 0.717) is 35.7 Å². The lowest BCUT2D eigenvalue weighted by molar-refractivity contribution is 0.0966. The maximum absolute atomic E-state index is 13.1. The number of ketones is 1. The average molecular weight is 386 g/mol. The molecule has 0 bridgehead atoms. The van der Waals surface area contributed by atoms with Gasteiger partial charge >= 0.3 is 0 Å². The van der Waals surface area contributed by atoms with E-state index in [1.165, 1.54) is 12.1 Å². The molecule has 2 aromatic heterocycles. The molecule has 0 fully saturated rings. The number of Topliss-reactive ketones (excluding diaryl/α,β-unsaturated/α-hetero) is 1. The minimum Gasteiger partial charge on any atom is -0.292 e. The van der Waals surface area contributed by atoms with Crippen molar-refractivity contribution < 1.29 is 9.18 Å². The van der Waals surface area contributed by atoms with Crippen LogP contribution in [-0.4, -0.2) is 25.5 Å². The quantitative estimate of drug-likeness (QED) is 0.448. The molecule has 0 radical (unpaired) electrons. The average Bonchev–Trinajstić information content (AvgIpc) is 3.17. The van der Waals surface area contributed by atoms with E-state index in [-0.39, 0.29) is 18.1 Å². The summed E-state index contributed by atoms with van der Waals surface area (Å²) in [4.78, 5) is 21.6. The highest BCUT2D eigenvalue weighted by Crippen LogP contribution is 2.15. The van der Waals surface area contributed by atoms with Crippen molar-refractivity contribution in [2.24, 2.45) is 0 Å². The topological polar surface area (TPSA) is 60.7 Å². The summed E-state index contributed by atoms with van der Waals surface area (Å²) in [5, 5.41) is 4.53. The van der Waals surface area contributed by atoms with Crippen LogP contribution in [0, 0.1) is 5.82 Å². The molecular weight excluding hydrogens is 367 g/mol. The Balaban J connectivity index is 1.60. The first-order valence-corrected chi connectivity index (χ1v) is 9.37. The Hall–Kier alpha value is -3.67. The van der Waals surface area contributed by atoms with Gasteiger partial charge in [0.15, 0.2) is 11.6 Å². The molecule has 0 saturated heterocycles. The van der Waals surface area contributed by atoms with Gasteiger partial charge in [-0.05, 0) is 36.2 Å². The molecule has 6 heteroatoms. The number of carbonyl (C=O) groups excluding carboxylic acids is 1. The SMILES string of the molecule is O=C(Cn1nc(-c2ccccn2)nc1CCc1ccc(F)cc1)c1ccccc1. The zero-order valence-electron chi connectivity index (χ0n) is 15.7. The molecule has 0 aliphatic heterocycles. The minimum atomic E-state index is -0.261. The van der Waals surface area contributed by atoms with E-state index in [1.807, 2.05) is 36.4 Å². The zero-order chi connectivity index (χ0) is 20.1. The van der Waals surface area contributed by atoms with E-state index < -0.39 is 0 Å². The normalized spacial score (nSPS) is 10.8. The third kappa shape index (κ3) is 4.60. The van der Waals surface area contributed by atoms with Crippen LogP contribution in [0.2, 0.25) is 0 Å². The summed E-state index contributed by atoms with van der Waals surface area (Å²) in [5.74, 6) is 0.883. The van der Waals surface area contributed by atoms with Crippen LogP contribution in [0.4, 0.5) is 4.39 Å². The summed E-state index contributed by atoms with van der Waals surface area (Å²) in [6.45, 7) is 0.0998. The molecule has 4 rings (SSSR count). The second kappa shape index (κ2) is 8.56. The van der Waals surface area contributed by atoms with Gasteiger partial charge in [0, 0.05) is 18.2 Å². The molecule has 0 aliphatic carbocycles. The van der Waals surface area contributed by atoms with E-state index in [0.717, 1.165) is 5.56 Å². The highest BCUT2D eigenvalue weighted by atomic mass is 19.1. The highest BCUT2D eigenvalue weighted by molar-refractivity contribution is 5.95. The number of halogens is 1. The third-order valence-electron chi connectivity index (χ3n) is 4.58. The molecular formula is C23H19FN4O. The van der Waals surface area contributed by atoms with Gasteiger partial charge < -0.3 is 0 Å². The Kier molecular flexibility index (Phi) is 5.52. The maximum Gasteiger partial charge on any atom is 0.200 e. The van der Waals surface area contributed by atoms with Crippen molar-refractivity contribution in [2.75, 3.05) is 0 Å². The number of hydrogen-bond acceptors (Lipinski definition) is 4. The second-order valence-corrected chi connectivity index (χ2v) is 6.64. The van der Waals surface area contributed by atoms with Crippen molar-refractivity contribution in [1.82, 2.24) is 19.7 Å². The first-order valence-electron chi connectivity index (χ1n) is 9.37. The van der Waals surface area contributed by atoms with Crippen molar-refractivity contribution in [2.45, 2.75) is 19.4 Å². The van der Waals surface area contributed by atoms with Crippen molar-refractivity contribution >= 4 is 5.78 Å². The number of aromatic nitrogens is 4. The van der Waals surface area contributed by atoms with Crippen LogP contribution < -0.4 is 0 Å². The van der Waals surface area contributed by atoms with Crippen LogP contribution in [0.15, 0.2) is 79.0 Å². The lowest BCUT2D eigenvalue weighted by atomic mass is 10.1. The molecule has 0 unspecified atom stereocenters. The van der Waals surface area contributed by atoms with Gasteiger partial charge in [-0.15, -0.1) is 5.10 Å². The summed E-state index contributed by atoms with van der Waals surface area (Å²) in [5.41, 5.74) is 2.28. The van der Waals surface area contributed by atoms with E-state index >= 15 is 0 Å². The molecule has 0 saturated carbocycles. The van der Waals surface area contributed by atoms with Crippen LogP contribution >= 0.6 is 0 Å². The van der Waals surface area contributed by atoms with Gasteiger partial charge in [0.05, 0.1) is 0 Å². The van der Waals surface area contributed by atoms with Crippen molar-refractivity contribution in [3.63, 3.8) is 0 Å². The van der Waals surface area contributed by atoms with Gasteiger partial charge in [0.25, 0.3) is 0 Å². The van der Waals surface area contributed by atoms with Gasteiger partial charge in [-0.2, -0.15) is 0 Å². The van der Waals surface area contributed by atoms with Gasteiger partial charge in [-0.25, -0.2) is 14.1 Å². The minimum absolute atomic E-state index is 0.0360. The number of nitrogens with zero attached hydrogens (tertiary/aromatic N) is 4. The predicted octanol–water partition coefficient (Wildman–Crippen LogP) is 4.15. The van der Waals surface area contributed by atoms with E-state index in [9.17, 15) is 9.18 Å². The molecule has 0 N–H and O–H groups in total. The van der Waals surface area contributed by atoms with Crippen LogP contribution in [0.3, 0.4) is 0 Å². The number of rotatable bonds is 7. The molecule has 0 atom stereocenters. The van der Waals surface area contributed by atoms with Crippen LogP contribution in [0.5, 0.6) is 0 Å². The monoisotopic (exact) mass is 386 g/mol. The lowest BCUT2D eigenvalue weighted by Gasteiger charge is -2.06. The number of benzene rings is 2. The summed E-state index contributed by atoms with van der Waals surface area (Å²) < 4.78 is 14.8. The number of carbonyl (C=O) groups is 1. The fourth-order valence-corrected chi connectivity index (χ4v) is 3.05. The Bertz CT molecular complexity index is 1090. The second-order valence-electron chi connectivity index (χ2n) is 6.64. The Morgan fingerprint density at radius 1 is 0.897 bits per heavy atom. The molecule has 2 aromatic carbocycles. The highest BCUT2D eigenvalue weighted by Gasteiger charge is 2.16. The Labute approximate surface area is 167 Å². The Morgan fingerprint density at radius 2 is 1.66 bits per heavy atom. The number of hydrogen-bond donors (Lipinski definition) is 0. The molecule has 4 aromatic rings. The fourth-order valence-electron chi connectivity index (χ4n) is 3.05. The molecule has 29 heavy (non-hydrogen) atoms. The van der Waals surface area contributed by atoms with Gasteiger partial charge in [0.2, 0.25) is 0 Å². The number of aryl methyl sites for hydroxylation is 2. The van der Waals surface area contributed by atoms with Crippen LogP contribution in [-0.2, 0) is 19.4 Å². The standard InChI is InChI=1S/C23H19FN4O/c24-19-12-9-17(10-13-19)11-14-22-26-23(20-8-4-5-15-25-20)27-28(22)16-21(29)18-6-2-1-3-7-18/h1-10,12-13,15H,11,14,16H2. The fraction of sp³-hybridized carbons (Fsp3) is 0.130. The maximum atomic E-state index is 13.1. The first-order chi connectivity index (χ1) is 14.2. The predicted molar refractivity (Wildman–Crippen MR) is 108 cm³/mol. The van der Waals surface area contributed by atoms with Gasteiger partial charge in [0.1, 0.15) is 23.9 Å². The Morgan fingerprint density at radius 3 is 2.38 bits per heavy atom. The van der Waals surface area contributed by atoms with Crippen molar-refractivity contribution in [1.29, 1.82) is 0 Å². The van der Waals surface area contributed by atoms with Gasteiger partial charge in [-0.1, -0.05) is 48.5 Å². The molecule has 0 spiro atoms. The zero-order valence-corrected chi connectivity index (χ0v) is 15.7.